The van der Waals surface area contributed by atoms with Gasteiger partial charge >= 0.3 is 5.97 Å². The van der Waals surface area contributed by atoms with Gasteiger partial charge in [-0.2, -0.15) is 5.10 Å². The molecule has 0 amide bonds. The van der Waals surface area contributed by atoms with Crippen LogP contribution < -0.4 is 5.32 Å². The van der Waals surface area contributed by atoms with Crippen molar-refractivity contribution in [2.75, 3.05) is 11.9 Å². The first-order valence-corrected chi connectivity index (χ1v) is 5.66. The fourth-order valence-electron chi connectivity index (χ4n) is 1.74. The molecule has 0 spiro atoms. The number of fused-ring (bicyclic) bond motifs is 1. The lowest BCUT2D eigenvalue weighted by Crippen LogP contribution is -2.27. The Bertz CT molecular complexity index is 644. The Morgan fingerprint density at radius 3 is 2.80 bits per heavy atom. The average Bonchev–Trinajstić information content (AvgIpc) is 2.77. The van der Waals surface area contributed by atoms with Crippen LogP contribution in [0.1, 0.15) is 10.4 Å². The van der Waals surface area contributed by atoms with Crippen LogP contribution >= 0.6 is 0 Å². The first kappa shape index (κ1) is 14.1. The van der Waals surface area contributed by atoms with Crippen LogP contribution in [0.25, 0.3) is 11.0 Å². The number of aliphatic hydroxyl groups excluding tert-OH is 1. The molecule has 1 unspecified atom stereocenters. The second-order valence-electron chi connectivity index (χ2n) is 4.14. The highest BCUT2D eigenvalue weighted by atomic mass is 19.3. The molecular formula is C11H12F2N4O3. The number of carbonyl (C=O) groups is 1. The maximum absolute atomic E-state index is 12.3. The normalized spacial score (nSPS) is 12.8. The SMILES string of the molecule is Cn1ncc2c(NCC(O)C(F)F)c(C(=O)O)cnc21. The number of rotatable bonds is 5. The number of pyridine rings is 1. The number of carboxylic acid groups (broad SMARTS) is 1. The van der Waals surface area contributed by atoms with Gasteiger partial charge in [0.1, 0.15) is 11.7 Å². The fraction of sp³-hybridized carbons (Fsp3) is 0.364. The summed E-state index contributed by atoms with van der Waals surface area (Å²) >= 11 is 0. The average molecular weight is 286 g/mol. The standard InChI is InChI=1S/C11H12F2N4O3/c1-17-10-5(3-16-17)8(6(2-15-10)11(19)20)14-4-7(18)9(12)13/h2-3,7,9,18H,4H2,1H3,(H,14,15)(H,19,20). The lowest BCUT2D eigenvalue weighted by molar-refractivity contribution is 0.00385. The largest absolute Gasteiger partial charge is 0.478 e. The summed E-state index contributed by atoms with van der Waals surface area (Å²) in [6.45, 7) is -0.480. The molecule has 2 aromatic heterocycles. The Labute approximate surface area is 111 Å². The monoisotopic (exact) mass is 286 g/mol. The number of hydrogen-bond acceptors (Lipinski definition) is 5. The van der Waals surface area contributed by atoms with E-state index in [-0.39, 0.29) is 11.3 Å². The molecule has 108 valence electrons. The molecular weight excluding hydrogens is 274 g/mol. The molecule has 9 heteroatoms. The van der Waals surface area contributed by atoms with Crippen molar-refractivity contribution < 1.29 is 23.8 Å². The summed E-state index contributed by atoms with van der Waals surface area (Å²) in [5.74, 6) is -1.25. The van der Waals surface area contributed by atoms with Gasteiger partial charge in [-0.15, -0.1) is 0 Å². The number of nitrogens with zero attached hydrogens (tertiary/aromatic N) is 3. The molecule has 0 saturated carbocycles. The van der Waals surface area contributed by atoms with Crippen molar-refractivity contribution in [3.05, 3.63) is 18.0 Å². The molecule has 0 fully saturated rings. The van der Waals surface area contributed by atoms with Gasteiger partial charge in [-0.25, -0.2) is 18.6 Å². The first-order valence-electron chi connectivity index (χ1n) is 5.66. The zero-order chi connectivity index (χ0) is 14.9. The van der Waals surface area contributed by atoms with Gasteiger partial charge < -0.3 is 15.5 Å². The summed E-state index contributed by atoms with van der Waals surface area (Å²) < 4.78 is 26.0. The van der Waals surface area contributed by atoms with E-state index in [0.717, 1.165) is 6.20 Å². The molecule has 3 N–H and O–H groups in total. The molecule has 7 nitrogen and oxygen atoms in total. The Hall–Kier alpha value is -2.29. The third-order valence-corrected chi connectivity index (χ3v) is 2.77. The lowest BCUT2D eigenvalue weighted by atomic mass is 10.1. The zero-order valence-electron chi connectivity index (χ0n) is 10.4. The minimum atomic E-state index is -2.91. The van der Waals surface area contributed by atoms with Gasteiger partial charge in [0.15, 0.2) is 5.65 Å². The van der Waals surface area contributed by atoms with E-state index >= 15 is 0 Å². The van der Waals surface area contributed by atoms with Crippen LogP contribution in [-0.2, 0) is 7.05 Å². The maximum atomic E-state index is 12.3. The van der Waals surface area contributed by atoms with E-state index in [2.05, 4.69) is 15.4 Å². The van der Waals surface area contributed by atoms with Crippen molar-refractivity contribution >= 4 is 22.7 Å². The van der Waals surface area contributed by atoms with E-state index in [1.165, 1.54) is 10.9 Å². The van der Waals surface area contributed by atoms with E-state index < -0.39 is 25.0 Å². The van der Waals surface area contributed by atoms with E-state index in [0.29, 0.717) is 11.0 Å². The molecule has 0 aromatic carbocycles. The van der Waals surface area contributed by atoms with E-state index in [4.69, 9.17) is 10.2 Å². The second-order valence-corrected chi connectivity index (χ2v) is 4.14. The Balaban J connectivity index is 2.42. The zero-order valence-corrected chi connectivity index (χ0v) is 10.4. The number of aliphatic hydroxyl groups is 1. The number of nitrogens with one attached hydrogen (secondary N) is 1. The highest BCUT2D eigenvalue weighted by Gasteiger charge is 2.20. The number of aromatic nitrogens is 3. The Morgan fingerprint density at radius 1 is 1.50 bits per heavy atom. The predicted molar refractivity (Wildman–Crippen MR) is 66.0 cm³/mol. The summed E-state index contributed by atoms with van der Waals surface area (Å²) in [5.41, 5.74) is 0.339. The van der Waals surface area contributed by atoms with Crippen LogP contribution in [0.4, 0.5) is 14.5 Å². The van der Waals surface area contributed by atoms with E-state index in [1.54, 1.807) is 7.05 Å². The fourth-order valence-corrected chi connectivity index (χ4v) is 1.74. The van der Waals surface area contributed by atoms with Crippen molar-refractivity contribution in [3.63, 3.8) is 0 Å². The molecule has 0 aliphatic heterocycles. The molecule has 0 radical (unpaired) electrons. The summed E-state index contributed by atoms with van der Waals surface area (Å²) in [7, 11) is 1.62. The van der Waals surface area contributed by atoms with Gasteiger partial charge in [0.25, 0.3) is 6.43 Å². The van der Waals surface area contributed by atoms with Gasteiger partial charge in [-0.3, -0.25) is 4.68 Å². The highest BCUT2D eigenvalue weighted by molar-refractivity contribution is 6.03. The molecule has 20 heavy (non-hydrogen) atoms. The molecule has 0 aliphatic carbocycles. The molecule has 2 rings (SSSR count). The summed E-state index contributed by atoms with van der Waals surface area (Å²) in [6.07, 6.45) is -2.31. The number of anilines is 1. The van der Waals surface area contributed by atoms with Crippen molar-refractivity contribution in [3.8, 4) is 0 Å². The molecule has 0 saturated heterocycles. The van der Waals surface area contributed by atoms with Crippen LogP contribution in [0.5, 0.6) is 0 Å². The maximum Gasteiger partial charge on any atom is 0.339 e. The van der Waals surface area contributed by atoms with Crippen molar-refractivity contribution in [2.45, 2.75) is 12.5 Å². The molecule has 1 atom stereocenters. The first-order chi connectivity index (χ1) is 9.41. The summed E-state index contributed by atoms with van der Waals surface area (Å²) in [6, 6.07) is 0. The molecule has 2 aromatic rings. The Morgan fingerprint density at radius 2 is 2.20 bits per heavy atom. The number of hydrogen-bond donors (Lipinski definition) is 3. The highest BCUT2D eigenvalue weighted by Crippen LogP contribution is 2.25. The van der Waals surface area contributed by atoms with Crippen LogP contribution in [0.3, 0.4) is 0 Å². The topological polar surface area (TPSA) is 100 Å². The van der Waals surface area contributed by atoms with E-state index in [9.17, 15) is 13.6 Å². The smallest absolute Gasteiger partial charge is 0.339 e. The van der Waals surface area contributed by atoms with Crippen LogP contribution in [0.2, 0.25) is 0 Å². The number of carboxylic acids is 1. The third kappa shape index (κ3) is 2.52. The predicted octanol–water partition coefficient (Wildman–Crippen LogP) is 0.704. The number of halogens is 2. The Kier molecular flexibility index (Phi) is 3.79. The van der Waals surface area contributed by atoms with Crippen LogP contribution in [0.15, 0.2) is 12.4 Å². The van der Waals surface area contributed by atoms with Crippen LogP contribution in [-0.4, -0.2) is 50.0 Å². The molecule has 2 heterocycles. The second kappa shape index (κ2) is 5.37. The number of alkyl halides is 2. The summed E-state index contributed by atoms with van der Waals surface area (Å²) in [4.78, 5) is 15.1. The van der Waals surface area contributed by atoms with Crippen LogP contribution in [0, 0.1) is 0 Å². The van der Waals surface area contributed by atoms with E-state index in [1.807, 2.05) is 0 Å². The van der Waals surface area contributed by atoms with Crippen molar-refractivity contribution in [1.82, 2.24) is 14.8 Å². The van der Waals surface area contributed by atoms with Crippen molar-refractivity contribution in [1.29, 1.82) is 0 Å². The number of aromatic carboxylic acids is 1. The molecule has 0 aliphatic rings. The lowest BCUT2D eigenvalue weighted by Gasteiger charge is -2.14. The third-order valence-electron chi connectivity index (χ3n) is 2.77. The van der Waals surface area contributed by atoms with Gasteiger partial charge in [0.05, 0.1) is 17.3 Å². The van der Waals surface area contributed by atoms with Gasteiger partial charge in [-0.1, -0.05) is 0 Å². The van der Waals surface area contributed by atoms with Gasteiger partial charge in [0.2, 0.25) is 0 Å². The van der Waals surface area contributed by atoms with Gasteiger partial charge in [-0.05, 0) is 0 Å². The minimum absolute atomic E-state index is 0.107. The summed E-state index contributed by atoms with van der Waals surface area (Å²) in [5, 5.41) is 25.0. The molecule has 0 bridgehead atoms. The van der Waals surface area contributed by atoms with Gasteiger partial charge in [0, 0.05) is 19.8 Å². The van der Waals surface area contributed by atoms with Crippen molar-refractivity contribution in [2.24, 2.45) is 7.05 Å². The quantitative estimate of drug-likeness (QED) is 0.748. The number of aryl methyl sites for hydroxylation is 1. The minimum Gasteiger partial charge on any atom is -0.478 e.